The molecule has 2 heterocycles. The number of aromatic nitrogens is 3. The summed E-state index contributed by atoms with van der Waals surface area (Å²) in [4.78, 5) is 31.9. The van der Waals surface area contributed by atoms with E-state index in [1.54, 1.807) is 18.5 Å². The standard InChI is InChI=1S/C18H21N5O3/c19-17(25)13-6-1-2-7-14(13)21-15(24)8-3-9-16-22-18(23-26-16)12-5-4-10-20-11-12/h1-2,4-5,10-11,13-14H,3,6-9H2,(H2,19,25)(H,21,24)/t13-,14-/m1/s1. The van der Waals surface area contributed by atoms with Crippen LogP contribution in [-0.4, -0.2) is 33.0 Å². The Morgan fingerprint density at radius 3 is 2.92 bits per heavy atom. The molecule has 136 valence electrons. The normalized spacial score (nSPS) is 19.2. The predicted molar refractivity (Wildman–Crippen MR) is 93.5 cm³/mol. The fourth-order valence-electron chi connectivity index (χ4n) is 2.94. The van der Waals surface area contributed by atoms with Gasteiger partial charge in [-0.2, -0.15) is 4.98 Å². The number of pyridine rings is 1. The van der Waals surface area contributed by atoms with Crippen molar-refractivity contribution in [3.05, 3.63) is 42.6 Å². The number of carbonyl (C=O) groups excluding carboxylic acids is 2. The van der Waals surface area contributed by atoms with E-state index in [1.165, 1.54) is 0 Å². The molecular formula is C18H21N5O3. The molecule has 3 rings (SSSR count). The molecule has 0 aromatic carbocycles. The van der Waals surface area contributed by atoms with E-state index in [1.807, 2.05) is 18.2 Å². The van der Waals surface area contributed by atoms with Crippen molar-refractivity contribution < 1.29 is 14.1 Å². The summed E-state index contributed by atoms with van der Waals surface area (Å²) >= 11 is 0. The number of hydrogen-bond acceptors (Lipinski definition) is 6. The van der Waals surface area contributed by atoms with E-state index in [0.29, 0.717) is 43.8 Å². The summed E-state index contributed by atoms with van der Waals surface area (Å²) in [6, 6.07) is 3.42. The maximum atomic E-state index is 12.1. The zero-order valence-corrected chi connectivity index (χ0v) is 14.3. The second-order valence-corrected chi connectivity index (χ2v) is 6.23. The topological polar surface area (TPSA) is 124 Å². The van der Waals surface area contributed by atoms with E-state index < -0.39 is 0 Å². The van der Waals surface area contributed by atoms with Crippen LogP contribution in [0.1, 0.15) is 31.6 Å². The Labute approximate surface area is 150 Å². The smallest absolute Gasteiger partial charge is 0.226 e. The molecule has 0 spiro atoms. The summed E-state index contributed by atoms with van der Waals surface area (Å²) in [5.74, 6) is 0.127. The SMILES string of the molecule is NC(=O)[C@@H]1CC=CC[C@H]1NC(=O)CCCc1nc(-c2cccnc2)no1. The highest BCUT2D eigenvalue weighted by Crippen LogP contribution is 2.19. The first-order valence-electron chi connectivity index (χ1n) is 8.60. The average molecular weight is 355 g/mol. The molecule has 0 saturated heterocycles. The van der Waals surface area contributed by atoms with Gasteiger partial charge < -0.3 is 15.6 Å². The highest BCUT2D eigenvalue weighted by atomic mass is 16.5. The molecule has 2 aromatic heterocycles. The second-order valence-electron chi connectivity index (χ2n) is 6.23. The van der Waals surface area contributed by atoms with E-state index in [2.05, 4.69) is 20.4 Å². The average Bonchev–Trinajstić information content (AvgIpc) is 3.11. The minimum Gasteiger partial charge on any atom is -0.369 e. The van der Waals surface area contributed by atoms with Crippen LogP contribution < -0.4 is 11.1 Å². The Hall–Kier alpha value is -3.03. The van der Waals surface area contributed by atoms with Crippen LogP contribution in [0.4, 0.5) is 0 Å². The second kappa shape index (κ2) is 8.37. The van der Waals surface area contributed by atoms with Crippen molar-refractivity contribution in [3.8, 4) is 11.4 Å². The third-order valence-electron chi connectivity index (χ3n) is 4.33. The molecule has 1 aliphatic rings. The molecule has 3 N–H and O–H groups in total. The lowest BCUT2D eigenvalue weighted by molar-refractivity contribution is -0.125. The Bertz CT molecular complexity index is 787. The zero-order valence-electron chi connectivity index (χ0n) is 14.3. The van der Waals surface area contributed by atoms with Gasteiger partial charge in [0.2, 0.25) is 23.5 Å². The van der Waals surface area contributed by atoms with Gasteiger partial charge in [0.15, 0.2) is 0 Å². The van der Waals surface area contributed by atoms with Crippen LogP contribution in [0.15, 0.2) is 41.2 Å². The maximum Gasteiger partial charge on any atom is 0.226 e. The number of aryl methyl sites for hydroxylation is 1. The zero-order chi connectivity index (χ0) is 18.4. The van der Waals surface area contributed by atoms with Gasteiger partial charge in [0.05, 0.1) is 5.92 Å². The number of rotatable bonds is 7. The molecule has 8 nitrogen and oxygen atoms in total. The Kier molecular flexibility index (Phi) is 5.73. The summed E-state index contributed by atoms with van der Waals surface area (Å²) in [6.45, 7) is 0. The molecule has 2 aromatic rings. The molecule has 0 unspecified atom stereocenters. The summed E-state index contributed by atoms with van der Waals surface area (Å²) in [7, 11) is 0. The lowest BCUT2D eigenvalue weighted by atomic mass is 9.88. The van der Waals surface area contributed by atoms with Crippen LogP contribution >= 0.6 is 0 Å². The van der Waals surface area contributed by atoms with Crippen LogP contribution in [0.5, 0.6) is 0 Å². The van der Waals surface area contributed by atoms with Crippen LogP contribution in [-0.2, 0) is 16.0 Å². The summed E-state index contributed by atoms with van der Waals surface area (Å²) in [5.41, 5.74) is 6.18. The van der Waals surface area contributed by atoms with Crippen molar-refractivity contribution in [2.75, 3.05) is 0 Å². The number of primary amides is 1. The van der Waals surface area contributed by atoms with Crippen LogP contribution in [0.25, 0.3) is 11.4 Å². The number of carbonyl (C=O) groups is 2. The van der Waals surface area contributed by atoms with E-state index in [9.17, 15) is 9.59 Å². The fraction of sp³-hybridized carbons (Fsp3) is 0.389. The van der Waals surface area contributed by atoms with E-state index in [-0.39, 0.29) is 23.8 Å². The van der Waals surface area contributed by atoms with Gasteiger partial charge in [0, 0.05) is 36.8 Å². The minimum absolute atomic E-state index is 0.108. The third-order valence-corrected chi connectivity index (χ3v) is 4.33. The first-order chi connectivity index (χ1) is 12.6. The molecule has 0 fully saturated rings. The van der Waals surface area contributed by atoms with Crippen LogP contribution in [0.3, 0.4) is 0 Å². The van der Waals surface area contributed by atoms with Gasteiger partial charge in [-0.3, -0.25) is 14.6 Å². The molecule has 8 heteroatoms. The number of nitrogens with zero attached hydrogens (tertiary/aromatic N) is 3. The molecule has 2 atom stereocenters. The molecule has 0 saturated carbocycles. The van der Waals surface area contributed by atoms with E-state index in [0.717, 1.165) is 5.56 Å². The Morgan fingerprint density at radius 2 is 2.15 bits per heavy atom. The molecule has 0 radical (unpaired) electrons. The molecule has 2 amide bonds. The number of amides is 2. The summed E-state index contributed by atoms with van der Waals surface area (Å²) in [5, 5.41) is 6.82. The largest absolute Gasteiger partial charge is 0.369 e. The van der Waals surface area contributed by atoms with Gasteiger partial charge in [-0.15, -0.1) is 0 Å². The van der Waals surface area contributed by atoms with E-state index >= 15 is 0 Å². The number of nitrogens with one attached hydrogen (secondary N) is 1. The number of allylic oxidation sites excluding steroid dienone is 1. The third kappa shape index (κ3) is 4.53. The molecule has 0 bridgehead atoms. The lowest BCUT2D eigenvalue weighted by Gasteiger charge is -2.26. The number of nitrogens with two attached hydrogens (primary N) is 1. The molecule has 26 heavy (non-hydrogen) atoms. The van der Waals surface area contributed by atoms with Gasteiger partial charge in [0.25, 0.3) is 0 Å². The summed E-state index contributed by atoms with van der Waals surface area (Å²) in [6.07, 6.45) is 9.81. The van der Waals surface area contributed by atoms with Crippen molar-refractivity contribution in [1.29, 1.82) is 0 Å². The van der Waals surface area contributed by atoms with Gasteiger partial charge >= 0.3 is 0 Å². The first-order valence-corrected chi connectivity index (χ1v) is 8.60. The minimum atomic E-state index is -0.381. The van der Waals surface area contributed by atoms with Crippen molar-refractivity contribution >= 4 is 11.8 Å². The van der Waals surface area contributed by atoms with Crippen LogP contribution in [0, 0.1) is 5.92 Å². The molecular weight excluding hydrogens is 334 g/mol. The van der Waals surface area contributed by atoms with Gasteiger partial charge in [-0.1, -0.05) is 17.3 Å². The summed E-state index contributed by atoms with van der Waals surface area (Å²) < 4.78 is 5.21. The van der Waals surface area contributed by atoms with Gasteiger partial charge in [-0.25, -0.2) is 0 Å². The lowest BCUT2D eigenvalue weighted by Crippen LogP contribution is -2.46. The van der Waals surface area contributed by atoms with Crippen LogP contribution in [0.2, 0.25) is 0 Å². The maximum absolute atomic E-state index is 12.1. The molecule has 0 aliphatic heterocycles. The van der Waals surface area contributed by atoms with Gasteiger partial charge in [0.1, 0.15) is 0 Å². The fourth-order valence-corrected chi connectivity index (χ4v) is 2.94. The Morgan fingerprint density at radius 1 is 1.31 bits per heavy atom. The highest BCUT2D eigenvalue weighted by Gasteiger charge is 2.28. The Balaban J connectivity index is 1.46. The molecule has 1 aliphatic carbocycles. The number of hydrogen-bond donors (Lipinski definition) is 2. The first kappa shape index (κ1) is 17.8. The predicted octanol–water partition coefficient (Wildman–Crippen LogP) is 1.39. The van der Waals surface area contributed by atoms with Crippen molar-refractivity contribution in [3.63, 3.8) is 0 Å². The van der Waals surface area contributed by atoms with Gasteiger partial charge in [-0.05, 0) is 31.4 Å². The van der Waals surface area contributed by atoms with Crippen molar-refractivity contribution in [2.24, 2.45) is 11.7 Å². The monoisotopic (exact) mass is 355 g/mol. The van der Waals surface area contributed by atoms with E-state index in [4.69, 9.17) is 10.3 Å². The highest BCUT2D eigenvalue weighted by molar-refractivity contribution is 5.80. The van der Waals surface area contributed by atoms with Crippen molar-refractivity contribution in [1.82, 2.24) is 20.4 Å². The van der Waals surface area contributed by atoms with Crippen molar-refractivity contribution in [2.45, 2.75) is 38.1 Å². The quantitative estimate of drug-likeness (QED) is 0.723.